The van der Waals surface area contributed by atoms with E-state index >= 15 is 4.79 Å². The zero-order chi connectivity index (χ0) is 66.4. The van der Waals surface area contributed by atoms with Gasteiger partial charge in [-0.2, -0.15) is 0 Å². The van der Waals surface area contributed by atoms with Crippen molar-refractivity contribution in [2.24, 2.45) is 35.5 Å². The van der Waals surface area contributed by atoms with Gasteiger partial charge < -0.3 is 40.8 Å². The molecule has 16 heteroatoms. The third-order valence-electron chi connectivity index (χ3n) is 22.0. The molecule has 10 nitrogen and oxygen atoms in total. The van der Waals surface area contributed by atoms with E-state index < -0.39 is 62.1 Å². The van der Waals surface area contributed by atoms with E-state index in [4.69, 9.17) is 40.8 Å². The van der Waals surface area contributed by atoms with Crippen molar-refractivity contribution in [3.05, 3.63) is 29.8 Å². The third-order valence-corrected chi connectivity index (χ3v) is 48.9. The molecule has 0 saturated carbocycles. The monoisotopic (exact) mass is 1280 g/mol. The van der Waals surface area contributed by atoms with Gasteiger partial charge in [0.15, 0.2) is 55.7 Å². The predicted molar refractivity (Wildman–Crippen MR) is 376 cm³/mol. The Morgan fingerprint density at radius 1 is 0.417 bits per heavy atom. The van der Waals surface area contributed by atoms with Crippen molar-refractivity contribution in [1.82, 2.24) is 0 Å². The molecule has 0 aromatic heterocycles. The molecule has 0 fully saturated rings. The molecule has 0 aliphatic heterocycles. The molecule has 496 valence electrons. The summed E-state index contributed by atoms with van der Waals surface area (Å²) in [5, 5.41) is -0.228. The maximum Gasteiger partial charge on any atom is 0.193 e. The molecule has 0 N–H and O–H groups in total. The summed E-state index contributed by atoms with van der Waals surface area (Å²) in [5.74, 6) is 0.653. The van der Waals surface area contributed by atoms with Crippen molar-refractivity contribution in [2.75, 3.05) is 27.4 Å². The Morgan fingerprint density at radius 3 is 1.08 bits per heavy atom. The first-order valence-electron chi connectivity index (χ1n) is 32.6. The summed E-state index contributed by atoms with van der Waals surface area (Å²) in [6.07, 6.45) is -1.32. The summed E-state index contributed by atoms with van der Waals surface area (Å²) >= 11 is 0. The van der Waals surface area contributed by atoms with Crippen LogP contribution in [0.1, 0.15) is 185 Å². The molecule has 0 radical (unpaired) electrons. The molecule has 0 unspecified atom stereocenters. The van der Waals surface area contributed by atoms with Gasteiger partial charge in [-0.25, -0.2) is 0 Å². The second-order valence-electron chi connectivity index (χ2n) is 35.4. The lowest BCUT2D eigenvalue weighted by Crippen LogP contribution is -2.55. The Kier molecular flexibility index (Phi) is 29.6. The van der Waals surface area contributed by atoms with Crippen LogP contribution in [0.3, 0.4) is 0 Å². The highest BCUT2D eigenvalue weighted by atomic mass is 28.4. The number of carbonyl (C=O) groups is 1. The highest BCUT2D eigenvalue weighted by molar-refractivity contribution is 6.76. The topological polar surface area (TPSA) is 100 Å². The number of hydrogen-bond acceptors (Lipinski definition) is 10. The summed E-state index contributed by atoms with van der Waals surface area (Å²) in [5.41, 5.74) is 1.09. The van der Waals surface area contributed by atoms with Crippen LogP contribution < -0.4 is 4.74 Å². The summed E-state index contributed by atoms with van der Waals surface area (Å²) in [7, 11) is -10.6. The van der Waals surface area contributed by atoms with Crippen molar-refractivity contribution < 1.29 is 45.6 Å². The van der Waals surface area contributed by atoms with Gasteiger partial charge in [0, 0.05) is 49.7 Å². The number of benzene rings is 1. The first kappa shape index (κ1) is 81.7. The molecule has 0 amide bonds. The minimum Gasteiger partial charge on any atom is -0.497 e. The van der Waals surface area contributed by atoms with Crippen molar-refractivity contribution in [3.8, 4) is 5.75 Å². The van der Waals surface area contributed by atoms with Crippen molar-refractivity contribution >= 4 is 55.7 Å². The van der Waals surface area contributed by atoms with Gasteiger partial charge in [-0.3, -0.25) is 4.79 Å². The third kappa shape index (κ3) is 22.8. The first-order valence-corrected chi connectivity index (χ1v) is 50.0. The van der Waals surface area contributed by atoms with Crippen LogP contribution in [-0.4, -0.2) is 120 Å². The van der Waals surface area contributed by atoms with E-state index in [1.165, 1.54) is 0 Å². The standard InChI is InChI=1S/C68H140O10Si6/c1-48(59(75-81(31,32)65(13,14)15)52(5)61(77-83(35,36)67(19,20)21)50(3)46-73-79(27,28)63(7,8)9)43-58(74-80(29,30)64(10,11)12)56(69)44-57(71-26)51(4)62(78-84(37,38)68(22,23)24)53(6)60(76-82(33,34)66(16,17)18)49(2)45-72-47-54-39-41-55(70-25)42-40-54/h39-42,48-53,57-62H,43-47H2,1-38H3/t48-,49-,50-,51+,52+,53+,57+,58-,59-,60-,61-,62-/m0/s1. The average Bonchev–Trinajstić information content (AvgIpc) is 2.64. The Balaban J connectivity index is 4.22. The lowest BCUT2D eigenvalue weighted by Gasteiger charge is -2.49. The molecule has 0 heterocycles. The number of hydrogen-bond donors (Lipinski definition) is 0. The highest BCUT2D eigenvalue weighted by Gasteiger charge is 2.52. The van der Waals surface area contributed by atoms with Crippen LogP contribution in [-0.2, 0) is 47.4 Å². The summed E-state index contributed by atoms with van der Waals surface area (Å²) in [6.45, 7) is 85.2. The van der Waals surface area contributed by atoms with Crippen molar-refractivity contribution in [3.63, 3.8) is 0 Å². The van der Waals surface area contributed by atoms with Crippen LogP contribution >= 0.6 is 0 Å². The zero-order valence-electron chi connectivity index (χ0n) is 62.4. The van der Waals surface area contributed by atoms with Crippen LogP contribution in [0.4, 0.5) is 0 Å². The second kappa shape index (κ2) is 30.4. The molecule has 1 aromatic carbocycles. The SMILES string of the molecule is COc1ccc(COC[C@H](C)[C@H](O[Si](C)(C)C(C)(C)C)[C@@H](C)[C@@H](O[Si](C)(C)C(C)(C)C)[C@H](C)[C@@H](CC(=O)[C@H](C[C@H](C)[C@H](O[Si](C)(C)C(C)(C)C)[C@@H](C)[C@@H](O[Si](C)(C)C(C)(C)C)[C@@H](C)CO[Si](C)(C)C(C)(C)C)O[Si](C)(C)C(C)(C)C)OC)cc1. The van der Waals surface area contributed by atoms with Gasteiger partial charge in [0.2, 0.25) is 0 Å². The predicted octanol–water partition coefficient (Wildman–Crippen LogP) is 20.4. The van der Waals surface area contributed by atoms with E-state index in [1.807, 2.05) is 12.1 Å². The molecule has 0 aliphatic carbocycles. The van der Waals surface area contributed by atoms with Gasteiger partial charge >= 0.3 is 0 Å². The molecular formula is C68H140O10Si6. The maximum absolute atomic E-state index is 15.9. The number of ether oxygens (including phenoxy) is 3. The molecule has 0 spiro atoms. The van der Waals surface area contributed by atoms with Gasteiger partial charge in [-0.1, -0.05) is 178 Å². The zero-order valence-corrected chi connectivity index (χ0v) is 68.4. The molecule has 0 bridgehead atoms. The minimum absolute atomic E-state index is 0.00779. The highest BCUT2D eigenvalue weighted by Crippen LogP contribution is 2.48. The fourth-order valence-electron chi connectivity index (χ4n) is 9.47. The fourth-order valence-corrected chi connectivity index (χ4v) is 17.8. The van der Waals surface area contributed by atoms with Gasteiger partial charge in [-0.15, -0.1) is 0 Å². The maximum atomic E-state index is 15.9. The fraction of sp³-hybridized carbons (Fsp3) is 0.897. The van der Waals surface area contributed by atoms with E-state index in [0.717, 1.165) is 11.3 Å². The summed E-state index contributed by atoms with van der Waals surface area (Å²) < 4.78 is 64.0. The smallest absolute Gasteiger partial charge is 0.193 e. The average molecular weight is 1290 g/mol. The largest absolute Gasteiger partial charge is 0.497 e. The number of carbonyl (C=O) groups excluding carboxylic acids is 1. The van der Waals surface area contributed by atoms with Gasteiger partial charge in [0.1, 0.15) is 11.9 Å². The second-order valence-corrected chi connectivity index (χ2v) is 64.0. The van der Waals surface area contributed by atoms with Crippen LogP contribution in [0.25, 0.3) is 0 Å². The van der Waals surface area contributed by atoms with E-state index in [2.05, 4.69) is 257 Å². The minimum atomic E-state index is -2.53. The van der Waals surface area contributed by atoms with Crippen LogP contribution in [0.2, 0.25) is 109 Å². The van der Waals surface area contributed by atoms with Crippen molar-refractivity contribution in [1.29, 1.82) is 0 Å². The molecule has 84 heavy (non-hydrogen) atoms. The lowest BCUT2D eigenvalue weighted by molar-refractivity contribution is -0.133. The van der Waals surface area contributed by atoms with Gasteiger partial charge in [0.05, 0.1) is 50.8 Å². The summed E-state index contributed by atoms with van der Waals surface area (Å²) in [6, 6.07) is 8.09. The van der Waals surface area contributed by atoms with E-state index in [9.17, 15) is 0 Å². The van der Waals surface area contributed by atoms with Crippen LogP contribution in [0.15, 0.2) is 24.3 Å². The molecular weight excluding hydrogens is 1150 g/mol. The van der Waals surface area contributed by atoms with E-state index in [1.54, 1.807) is 14.2 Å². The summed E-state index contributed by atoms with van der Waals surface area (Å²) in [4.78, 5) is 15.9. The Bertz CT molecular complexity index is 2120. The normalized spacial score (nSPS) is 18.9. The van der Waals surface area contributed by atoms with E-state index in [-0.39, 0.29) is 102 Å². The van der Waals surface area contributed by atoms with Crippen LogP contribution in [0, 0.1) is 35.5 Å². The lowest BCUT2D eigenvalue weighted by atomic mass is 9.80. The quantitative estimate of drug-likeness (QED) is 0.0633. The molecule has 1 aromatic rings. The Labute approximate surface area is 527 Å². The molecule has 0 saturated heterocycles. The number of methoxy groups -OCH3 is 2. The van der Waals surface area contributed by atoms with E-state index in [0.29, 0.717) is 26.2 Å². The molecule has 0 aliphatic rings. The molecule has 1 rings (SSSR count). The number of Topliss-reactive ketones (excluding diaryl/α,β-unsaturated/α-hetero) is 1. The van der Waals surface area contributed by atoms with Crippen LogP contribution in [0.5, 0.6) is 5.75 Å². The Morgan fingerprint density at radius 2 is 0.738 bits per heavy atom. The molecule has 12 atom stereocenters. The number of rotatable bonds is 33. The Hall–Kier alpha value is -0.329. The first-order chi connectivity index (χ1) is 37.3. The number of ketones is 1. The van der Waals surface area contributed by atoms with Gasteiger partial charge in [-0.05, 0) is 139 Å². The van der Waals surface area contributed by atoms with Gasteiger partial charge in [0.25, 0.3) is 0 Å². The van der Waals surface area contributed by atoms with Crippen molar-refractivity contribution in [2.45, 2.75) is 331 Å².